The Hall–Kier alpha value is -1.75. The maximum absolute atomic E-state index is 13.2. The van der Waals surface area contributed by atoms with Gasteiger partial charge >= 0.3 is 0 Å². The van der Waals surface area contributed by atoms with Gasteiger partial charge in [-0.3, -0.25) is 4.79 Å². The molecule has 134 valence electrons. The Morgan fingerprint density at radius 1 is 1.08 bits per heavy atom. The molecule has 3 rings (SSSR count). The zero-order valence-electron chi connectivity index (χ0n) is 14.2. The van der Waals surface area contributed by atoms with Crippen LogP contribution in [0.2, 0.25) is 10.0 Å². The molecule has 1 aromatic heterocycles. The summed E-state index contributed by atoms with van der Waals surface area (Å²) in [5.74, 6) is -0.0249. The Balaban J connectivity index is 1.83. The van der Waals surface area contributed by atoms with Gasteiger partial charge < -0.3 is 4.57 Å². The molecule has 0 spiro atoms. The molecule has 0 unspecified atom stereocenters. The summed E-state index contributed by atoms with van der Waals surface area (Å²) in [6.45, 7) is 3.81. The summed E-state index contributed by atoms with van der Waals surface area (Å²) >= 11 is 13.5. The van der Waals surface area contributed by atoms with E-state index in [0.29, 0.717) is 15.6 Å². The van der Waals surface area contributed by atoms with Crippen LogP contribution in [0, 0.1) is 19.7 Å². The van der Waals surface area contributed by atoms with Gasteiger partial charge in [-0.2, -0.15) is 0 Å². The quantitative estimate of drug-likeness (QED) is 0.354. The topological polar surface area (TPSA) is 22.0 Å². The van der Waals surface area contributed by atoms with E-state index in [0.717, 1.165) is 22.0 Å². The van der Waals surface area contributed by atoms with Crippen LogP contribution >= 0.6 is 35.0 Å². The second kappa shape index (κ2) is 7.87. The molecule has 0 atom stereocenters. The molecule has 0 amide bonds. The van der Waals surface area contributed by atoms with E-state index in [-0.39, 0.29) is 17.4 Å². The molecule has 0 aliphatic carbocycles. The van der Waals surface area contributed by atoms with Crippen LogP contribution in [0.3, 0.4) is 0 Å². The van der Waals surface area contributed by atoms with Crippen LogP contribution in [0.4, 0.5) is 4.39 Å². The van der Waals surface area contributed by atoms with Crippen LogP contribution in [0.15, 0.2) is 53.4 Å². The Morgan fingerprint density at radius 3 is 2.46 bits per heavy atom. The van der Waals surface area contributed by atoms with Crippen molar-refractivity contribution in [1.82, 2.24) is 4.57 Å². The zero-order valence-corrected chi connectivity index (χ0v) is 16.6. The molecule has 1 heterocycles. The molecule has 0 saturated carbocycles. The summed E-state index contributed by atoms with van der Waals surface area (Å²) in [4.78, 5) is 13.5. The van der Waals surface area contributed by atoms with Gasteiger partial charge in [-0.05, 0) is 62.4 Å². The number of thioether (sulfide) groups is 1. The van der Waals surface area contributed by atoms with Crippen molar-refractivity contribution in [3.63, 3.8) is 0 Å². The fourth-order valence-electron chi connectivity index (χ4n) is 2.84. The van der Waals surface area contributed by atoms with Crippen LogP contribution in [0.25, 0.3) is 5.69 Å². The number of Topliss-reactive ketones (excluding diaryl/α,β-unsaturated/α-hetero) is 1. The highest BCUT2D eigenvalue weighted by atomic mass is 35.5. The second-order valence-corrected chi connectivity index (χ2v) is 7.74. The van der Waals surface area contributed by atoms with Crippen molar-refractivity contribution in [2.75, 3.05) is 5.75 Å². The maximum atomic E-state index is 13.2. The lowest BCUT2D eigenvalue weighted by molar-refractivity contribution is 0.102. The number of rotatable bonds is 5. The standard InChI is InChI=1S/C20H16Cl2FNOS/c1-12-9-17(13(2)24(12)16-6-4-15(23)5-7-16)19(25)11-26-20-10-14(21)3-8-18(20)22/h3-10H,11H2,1-2H3. The van der Waals surface area contributed by atoms with E-state index in [9.17, 15) is 9.18 Å². The third-order valence-electron chi connectivity index (χ3n) is 4.07. The highest BCUT2D eigenvalue weighted by Gasteiger charge is 2.17. The molecule has 26 heavy (non-hydrogen) atoms. The molecule has 0 fully saturated rings. The predicted molar refractivity (Wildman–Crippen MR) is 107 cm³/mol. The summed E-state index contributed by atoms with van der Waals surface area (Å²) in [7, 11) is 0. The van der Waals surface area contributed by atoms with Gasteiger partial charge in [-0.1, -0.05) is 23.2 Å². The normalized spacial score (nSPS) is 11.0. The van der Waals surface area contributed by atoms with Crippen LogP contribution in [0.5, 0.6) is 0 Å². The summed E-state index contributed by atoms with van der Waals surface area (Å²) in [6, 6.07) is 13.3. The number of aromatic nitrogens is 1. The van der Waals surface area contributed by atoms with E-state index in [4.69, 9.17) is 23.2 Å². The smallest absolute Gasteiger partial charge is 0.174 e. The fraction of sp³-hybridized carbons (Fsp3) is 0.150. The molecule has 0 aliphatic rings. The fourth-order valence-corrected chi connectivity index (χ4v) is 4.22. The minimum absolute atomic E-state index is 0.00695. The average molecular weight is 408 g/mol. The molecule has 0 N–H and O–H groups in total. The number of carbonyl (C=O) groups excluding carboxylic acids is 1. The van der Waals surface area contributed by atoms with Crippen LogP contribution < -0.4 is 0 Å². The molecular weight excluding hydrogens is 392 g/mol. The van der Waals surface area contributed by atoms with Crippen LogP contribution in [0.1, 0.15) is 21.7 Å². The Kier molecular flexibility index (Phi) is 5.76. The second-order valence-electron chi connectivity index (χ2n) is 5.88. The van der Waals surface area contributed by atoms with E-state index >= 15 is 0 Å². The molecule has 3 aromatic rings. The highest BCUT2D eigenvalue weighted by Crippen LogP contribution is 2.31. The first-order chi connectivity index (χ1) is 12.4. The summed E-state index contributed by atoms with van der Waals surface area (Å²) in [5, 5.41) is 1.16. The minimum atomic E-state index is -0.290. The predicted octanol–water partition coefficient (Wildman–Crippen LogP) is 6.52. The van der Waals surface area contributed by atoms with E-state index in [1.807, 2.05) is 24.5 Å². The molecule has 0 bridgehead atoms. The van der Waals surface area contributed by atoms with Gasteiger partial charge in [0, 0.05) is 32.6 Å². The number of hydrogen-bond donors (Lipinski definition) is 0. The number of benzene rings is 2. The maximum Gasteiger partial charge on any atom is 0.174 e. The molecule has 0 saturated heterocycles. The van der Waals surface area contributed by atoms with E-state index in [1.54, 1.807) is 30.3 Å². The van der Waals surface area contributed by atoms with Gasteiger partial charge in [-0.25, -0.2) is 4.39 Å². The first-order valence-corrected chi connectivity index (χ1v) is 9.67. The van der Waals surface area contributed by atoms with Crippen LogP contribution in [-0.4, -0.2) is 16.1 Å². The van der Waals surface area contributed by atoms with Gasteiger partial charge in [-0.15, -0.1) is 11.8 Å². The largest absolute Gasteiger partial charge is 0.318 e. The van der Waals surface area contributed by atoms with Crippen molar-refractivity contribution in [2.45, 2.75) is 18.7 Å². The molecule has 0 aliphatic heterocycles. The van der Waals surface area contributed by atoms with Crippen LogP contribution in [-0.2, 0) is 0 Å². The van der Waals surface area contributed by atoms with Gasteiger partial charge in [0.05, 0.1) is 10.8 Å². The van der Waals surface area contributed by atoms with Gasteiger partial charge in [0.1, 0.15) is 5.82 Å². The van der Waals surface area contributed by atoms with Crippen molar-refractivity contribution < 1.29 is 9.18 Å². The SMILES string of the molecule is Cc1cc(C(=O)CSc2cc(Cl)ccc2Cl)c(C)n1-c1ccc(F)cc1. The number of aryl methyl sites for hydroxylation is 1. The van der Waals surface area contributed by atoms with Gasteiger partial charge in [0.2, 0.25) is 0 Å². The number of hydrogen-bond acceptors (Lipinski definition) is 2. The Morgan fingerprint density at radius 2 is 1.77 bits per heavy atom. The number of carbonyl (C=O) groups is 1. The lowest BCUT2D eigenvalue weighted by atomic mass is 10.2. The number of nitrogens with zero attached hydrogens (tertiary/aromatic N) is 1. The lowest BCUT2D eigenvalue weighted by Crippen LogP contribution is -2.05. The molecule has 2 nitrogen and oxygen atoms in total. The Labute approximate surface area is 165 Å². The average Bonchev–Trinajstić information content (AvgIpc) is 2.91. The summed E-state index contributed by atoms with van der Waals surface area (Å²) in [5.41, 5.74) is 3.23. The van der Waals surface area contributed by atoms with Crippen molar-refractivity contribution in [1.29, 1.82) is 0 Å². The minimum Gasteiger partial charge on any atom is -0.318 e. The number of ketones is 1. The van der Waals surface area contributed by atoms with E-state index in [1.165, 1.54) is 23.9 Å². The van der Waals surface area contributed by atoms with Crippen molar-refractivity contribution >= 4 is 40.7 Å². The first-order valence-electron chi connectivity index (χ1n) is 7.92. The third-order valence-corrected chi connectivity index (χ3v) is 5.80. The third kappa shape index (κ3) is 3.98. The van der Waals surface area contributed by atoms with Gasteiger partial charge in [0.25, 0.3) is 0 Å². The molecule has 6 heteroatoms. The molecule has 0 radical (unpaired) electrons. The number of halogens is 3. The van der Waals surface area contributed by atoms with Gasteiger partial charge in [0.15, 0.2) is 5.78 Å². The molecule has 2 aromatic carbocycles. The first kappa shape index (κ1) is 19.0. The van der Waals surface area contributed by atoms with E-state index in [2.05, 4.69) is 0 Å². The van der Waals surface area contributed by atoms with E-state index < -0.39 is 0 Å². The Bertz CT molecular complexity index is 967. The lowest BCUT2D eigenvalue weighted by Gasteiger charge is -2.10. The van der Waals surface area contributed by atoms with Crippen molar-refractivity contribution in [3.05, 3.63) is 81.3 Å². The summed E-state index contributed by atoms with van der Waals surface area (Å²) < 4.78 is 15.1. The summed E-state index contributed by atoms with van der Waals surface area (Å²) in [6.07, 6.45) is 0. The molecular formula is C20H16Cl2FNOS. The monoisotopic (exact) mass is 407 g/mol. The van der Waals surface area contributed by atoms with Crippen molar-refractivity contribution in [3.8, 4) is 5.69 Å². The van der Waals surface area contributed by atoms with Crippen molar-refractivity contribution in [2.24, 2.45) is 0 Å². The highest BCUT2D eigenvalue weighted by molar-refractivity contribution is 8.00. The zero-order chi connectivity index (χ0) is 18.8.